The van der Waals surface area contributed by atoms with E-state index < -0.39 is 21.7 Å². The maximum atomic E-state index is 14.0. The monoisotopic (exact) mass is 444 g/mol. The van der Waals surface area contributed by atoms with E-state index in [0.717, 1.165) is 0 Å². The first-order valence-electron chi connectivity index (χ1n) is 10.2. The molecule has 1 heterocycles. The molecule has 1 aromatic rings. The summed E-state index contributed by atoms with van der Waals surface area (Å²) in [6.07, 6.45) is 0.622. The van der Waals surface area contributed by atoms with Gasteiger partial charge in [0.2, 0.25) is 10.0 Å². The number of ether oxygens (including phenoxy) is 1. The van der Waals surface area contributed by atoms with Crippen LogP contribution in [-0.4, -0.2) is 81.3 Å². The fourth-order valence-electron chi connectivity index (χ4n) is 3.70. The second-order valence-corrected chi connectivity index (χ2v) is 9.99. The summed E-state index contributed by atoms with van der Waals surface area (Å²) in [5.74, 6) is -0.694. The molecule has 1 N–H and O–H groups in total. The lowest BCUT2D eigenvalue weighted by molar-refractivity contribution is 0.0904. The molecule has 3 rings (SSSR count). The van der Waals surface area contributed by atoms with E-state index in [1.165, 1.54) is 22.5 Å². The quantitative estimate of drug-likeness (QED) is 0.513. The predicted molar refractivity (Wildman–Crippen MR) is 112 cm³/mol. The number of halogens is 2. The van der Waals surface area contributed by atoms with Crippen molar-refractivity contribution in [3.8, 4) is 0 Å². The molecule has 2 unspecified atom stereocenters. The molecule has 1 saturated heterocycles. The van der Waals surface area contributed by atoms with E-state index in [1.807, 2.05) is 18.7 Å². The average molecular weight is 445 g/mol. The van der Waals surface area contributed by atoms with Crippen molar-refractivity contribution < 1.29 is 21.9 Å². The van der Waals surface area contributed by atoms with Gasteiger partial charge in [0.25, 0.3) is 0 Å². The molecule has 168 valence electrons. The van der Waals surface area contributed by atoms with Gasteiger partial charge in [-0.1, -0.05) is 6.07 Å². The summed E-state index contributed by atoms with van der Waals surface area (Å²) >= 11 is 0. The molecule has 2 fully saturated rings. The van der Waals surface area contributed by atoms with Crippen molar-refractivity contribution in [1.82, 2.24) is 14.5 Å². The molecule has 7 nitrogen and oxygen atoms in total. The number of rotatable bonds is 7. The number of nitrogens with one attached hydrogen (secondary N) is 1. The Kier molecular flexibility index (Phi) is 7.30. The van der Waals surface area contributed by atoms with Crippen molar-refractivity contribution in [2.24, 2.45) is 4.99 Å². The van der Waals surface area contributed by atoms with E-state index in [2.05, 4.69) is 10.3 Å². The molecule has 1 aliphatic carbocycles. The molecule has 2 atom stereocenters. The van der Waals surface area contributed by atoms with Gasteiger partial charge in [0.05, 0.1) is 18.5 Å². The van der Waals surface area contributed by atoms with Crippen molar-refractivity contribution in [1.29, 1.82) is 0 Å². The number of hydrogen-bond acceptors (Lipinski definition) is 4. The predicted octanol–water partition coefficient (Wildman–Crippen LogP) is 1.77. The van der Waals surface area contributed by atoms with Crippen molar-refractivity contribution in [3.05, 3.63) is 35.4 Å². The van der Waals surface area contributed by atoms with Crippen LogP contribution in [0.5, 0.6) is 0 Å². The zero-order chi connectivity index (χ0) is 21.9. The summed E-state index contributed by atoms with van der Waals surface area (Å²) in [7, 11) is -1.71. The second-order valence-electron chi connectivity index (χ2n) is 7.90. The van der Waals surface area contributed by atoms with Gasteiger partial charge in [0.1, 0.15) is 11.6 Å². The van der Waals surface area contributed by atoms with Gasteiger partial charge >= 0.3 is 0 Å². The largest absolute Gasteiger partial charge is 0.378 e. The van der Waals surface area contributed by atoms with Gasteiger partial charge < -0.3 is 15.0 Å². The molecule has 30 heavy (non-hydrogen) atoms. The third kappa shape index (κ3) is 5.47. The lowest BCUT2D eigenvalue weighted by Gasteiger charge is -2.36. The van der Waals surface area contributed by atoms with E-state index in [1.54, 1.807) is 7.05 Å². The second kappa shape index (κ2) is 9.57. The molecule has 1 saturated carbocycles. The molecule has 2 aliphatic rings. The Morgan fingerprint density at radius 1 is 1.23 bits per heavy atom. The Morgan fingerprint density at radius 2 is 1.87 bits per heavy atom. The van der Waals surface area contributed by atoms with Crippen LogP contribution in [-0.2, 0) is 14.8 Å². The highest BCUT2D eigenvalue weighted by Gasteiger charge is 2.43. The number of guanidine groups is 1. The van der Waals surface area contributed by atoms with Crippen LogP contribution >= 0.6 is 0 Å². The fraction of sp³-hybridized carbons (Fsp3) is 0.650. The van der Waals surface area contributed by atoms with Gasteiger partial charge in [-0.15, -0.1) is 0 Å². The van der Waals surface area contributed by atoms with Gasteiger partial charge in [-0.3, -0.25) is 4.99 Å². The van der Waals surface area contributed by atoms with Gasteiger partial charge in [-0.05, 0) is 32.4 Å². The number of aliphatic imine (C=N–C) groups is 1. The average Bonchev–Trinajstić information content (AvgIpc) is 3.44. The highest BCUT2D eigenvalue weighted by Crippen LogP contribution is 2.43. The van der Waals surface area contributed by atoms with Crippen molar-refractivity contribution in [2.75, 3.05) is 45.6 Å². The van der Waals surface area contributed by atoms with E-state index in [0.29, 0.717) is 38.6 Å². The maximum absolute atomic E-state index is 14.0. The van der Waals surface area contributed by atoms with Crippen LogP contribution in [0, 0.1) is 11.6 Å². The molecule has 0 amide bonds. The van der Waals surface area contributed by atoms with E-state index >= 15 is 0 Å². The molecular weight excluding hydrogens is 414 g/mol. The van der Waals surface area contributed by atoms with Crippen LogP contribution in [0.4, 0.5) is 8.78 Å². The Bertz CT molecular complexity index is 851. The van der Waals surface area contributed by atoms with Crippen LogP contribution < -0.4 is 5.32 Å². The SMILES string of the molecule is CN=C(NC1CC1c1c(F)cccc1F)N1CCN(S(=O)(=O)CCOC(C)C)CC1. The smallest absolute Gasteiger partial charge is 0.216 e. The van der Waals surface area contributed by atoms with Crippen LogP contribution in [0.1, 0.15) is 31.7 Å². The van der Waals surface area contributed by atoms with Crippen LogP contribution in [0.15, 0.2) is 23.2 Å². The Hall–Kier alpha value is -1.78. The topological polar surface area (TPSA) is 74.2 Å². The summed E-state index contributed by atoms with van der Waals surface area (Å²) in [6, 6.07) is 3.81. The lowest BCUT2D eigenvalue weighted by Crippen LogP contribution is -2.54. The van der Waals surface area contributed by atoms with Crippen LogP contribution in [0.25, 0.3) is 0 Å². The van der Waals surface area contributed by atoms with Gasteiger partial charge in [-0.25, -0.2) is 17.2 Å². The Labute approximate surface area is 177 Å². The minimum Gasteiger partial charge on any atom is -0.378 e. The highest BCUT2D eigenvalue weighted by atomic mass is 32.2. The third-order valence-electron chi connectivity index (χ3n) is 5.41. The van der Waals surface area contributed by atoms with E-state index in [9.17, 15) is 17.2 Å². The zero-order valence-corrected chi connectivity index (χ0v) is 18.5. The molecule has 0 bridgehead atoms. The maximum Gasteiger partial charge on any atom is 0.216 e. The molecule has 0 spiro atoms. The van der Waals surface area contributed by atoms with Gasteiger partial charge in [0.15, 0.2) is 5.96 Å². The van der Waals surface area contributed by atoms with Gasteiger partial charge in [-0.2, -0.15) is 4.31 Å². The van der Waals surface area contributed by atoms with Crippen molar-refractivity contribution >= 4 is 16.0 Å². The first-order chi connectivity index (χ1) is 14.2. The third-order valence-corrected chi connectivity index (χ3v) is 7.25. The number of benzene rings is 1. The molecule has 1 aromatic carbocycles. The Morgan fingerprint density at radius 3 is 2.43 bits per heavy atom. The van der Waals surface area contributed by atoms with Gasteiger partial charge in [0, 0.05) is 50.7 Å². The number of piperazine rings is 1. The van der Waals surface area contributed by atoms with Crippen LogP contribution in [0.2, 0.25) is 0 Å². The lowest BCUT2D eigenvalue weighted by atomic mass is 10.1. The fourth-order valence-corrected chi connectivity index (χ4v) is 4.98. The minimum absolute atomic E-state index is 0.00414. The number of sulfonamides is 1. The molecule has 0 radical (unpaired) electrons. The molecular formula is C20H30F2N4O3S. The van der Waals surface area contributed by atoms with Crippen molar-refractivity contribution in [3.63, 3.8) is 0 Å². The summed E-state index contributed by atoms with van der Waals surface area (Å²) < 4.78 is 59.8. The van der Waals surface area contributed by atoms with E-state index in [-0.39, 0.29) is 36.0 Å². The Balaban J connectivity index is 1.51. The highest BCUT2D eigenvalue weighted by molar-refractivity contribution is 7.89. The zero-order valence-electron chi connectivity index (χ0n) is 17.6. The van der Waals surface area contributed by atoms with Crippen LogP contribution in [0.3, 0.4) is 0 Å². The number of nitrogens with zero attached hydrogens (tertiary/aromatic N) is 3. The minimum atomic E-state index is -3.36. The first-order valence-corrected chi connectivity index (χ1v) is 11.9. The standard InChI is InChI=1S/C20H30F2N4O3S/c1-14(2)29-11-12-30(27,28)26-9-7-25(8-10-26)20(23-3)24-18-13-15(18)19-16(21)5-4-6-17(19)22/h4-6,14-15,18H,7-13H2,1-3H3,(H,23,24). The number of hydrogen-bond donors (Lipinski definition) is 1. The summed E-state index contributed by atoms with van der Waals surface area (Å²) in [6.45, 7) is 5.63. The van der Waals surface area contributed by atoms with E-state index in [4.69, 9.17) is 4.74 Å². The molecule has 10 heteroatoms. The summed E-state index contributed by atoms with van der Waals surface area (Å²) in [4.78, 5) is 6.25. The summed E-state index contributed by atoms with van der Waals surface area (Å²) in [5, 5.41) is 3.27. The van der Waals surface area contributed by atoms with Crippen molar-refractivity contribution in [2.45, 2.75) is 38.3 Å². The molecule has 0 aromatic heterocycles. The summed E-state index contributed by atoms with van der Waals surface area (Å²) in [5.41, 5.74) is 0.116. The molecule has 1 aliphatic heterocycles. The normalized spacial score (nSPS) is 23.1. The first kappa shape index (κ1) is 22.9.